The lowest BCUT2D eigenvalue weighted by Crippen LogP contribution is -2.16. The molecular weight excluding hydrogens is 458 g/mol. The fourth-order valence-corrected chi connectivity index (χ4v) is 3.57. The van der Waals surface area contributed by atoms with Gasteiger partial charge in [-0.1, -0.05) is 59.2 Å². The van der Waals surface area contributed by atoms with Crippen LogP contribution in [0.25, 0.3) is 22.5 Å². The van der Waals surface area contributed by atoms with Crippen molar-refractivity contribution in [2.75, 3.05) is 11.9 Å². The van der Waals surface area contributed by atoms with Gasteiger partial charge >= 0.3 is 12.1 Å². The lowest BCUT2D eigenvalue weighted by atomic mass is 10.0. The highest BCUT2D eigenvalue weighted by atomic mass is 35.5. The van der Waals surface area contributed by atoms with E-state index in [1.54, 1.807) is 19.1 Å². The van der Waals surface area contributed by atoms with E-state index in [1.807, 2.05) is 42.5 Å². The Bertz CT molecular complexity index is 1330. The number of aromatic nitrogens is 2. The number of hydrogen-bond donors (Lipinski definition) is 2. The second kappa shape index (κ2) is 10.2. The predicted molar refractivity (Wildman–Crippen MR) is 127 cm³/mol. The van der Waals surface area contributed by atoms with Crippen molar-refractivity contribution >= 4 is 29.4 Å². The molecule has 9 heteroatoms. The van der Waals surface area contributed by atoms with E-state index in [0.717, 1.165) is 16.7 Å². The number of carboxylic acids is 1. The van der Waals surface area contributed by atoms with Gasteiger partial charge in [-0.25, -0.2) is 14.6 Å². The van der Waals surface area contributed by atoms with E-state index in [0.29, 0.717) is 34.1 Å². The van der Waals surface area contributed by atoms with Crippen molar-refractivity contribution in [3.8, 4) is 22.5 Å². The molecule has 0 spiro atoms. The number of benzene rings is 2. The number of amides is 1. The highest BCUT2D eigenvalue weighted by molar-refractivity contribution is 6.31. The first-order chi connectivity index (χ1) is 16.4. The zero-order valence-electron chi connectivity index (χ0n) is 18.1. The second-order valence-corrected chi connectivity index (χ2v) is 7.80. The third kappa shape index (κ3) is 5.24. The van der Waals surface area contributed by atoms with Gasteiger partial charge in [0.25, 0.3) is 0 Å². The zero-order chi connectivity index (χ0) is 24.1. The molecule has 0 aliphatic carbocycles. The molecule has 34 heavy (non-hydrogen) atoms. The molecule has 0 fully saturated rings. The Labute approximate surface area is 200 Å². The highest BCUT2D eigenvalue weighted by Crippen LogP contribution is 2.33. The van der Waals surface area contributed by atoms with Gasteiger partial charge in [-0.3, -0.25) is 5.32 Å². The summed E-state index contributed by atoms with van der Waals surface area (Å²) in [6.45, 7) is 1.87. The summed E-state index contributed by atoms with van der Waals surface area (Å²) < 4.78 is 10.8. The Morgan fingerprint density at radius 1 is 1.06 bits per heavy atom. The molecule has 4 aromatic rings. The quantitative estimate of drug-likeness (QED) is 0.343. The molecule has 1 amide bonds. The summed E-state index contributed by atoms with van der Waals surface area (Å²) in [6, 6.07) is 17.8. The molecule has 0 aliphatic rings. The number of pyridine rings is 1. The van der Waals surface area contributed by atoms with Crippen LogP contribution < -0.4 is 5.32 Å². The molecule has 2 aromatic carbocycles. The number of carboxylic acid groups (broad SMARTS) is 1. The second-order valence-electron chi connectivity index (χ2n) is 7.39. The first-order valence-electron chi connectivity index (χ1n) is 10.4. The molecule has 2 aromatic heterocycles. The Morgan fingerprint density at radius 3 is 2.59 bits per heavy atom. The van der Waals surface area contributed by atoms with Crippen molar-refractivity contribution in [1.82, 2.24) is 10.1 Å². The normalized spacial score (nSPS) is 10.6. The van der Waals surface area contributed by atoms with Gasteiger partial charge in [0.15, 0.2) is 5.76 Å². The number of aromatic carboxylic acids is 1. The maximum Gasteiger partial charge on any atom is 0.411 e. The van der Waals surface area contributed by atoms with E-state index in [9.17, 15) is 9.59 Å². The SMILES string of the molecule is Cc1noc(-c2cccc(-c3ccc(C(=O)O)nc3)c2)c1NC(=O)OCCc1ccccc1Cl. The molecule has 0 bridgehead atoms. The molecule has 172 valence electrons. The molecule has 2 heterocycles. The van der Waals surface area contributed by atoms with Gasteiger partial charge in [0.2, 0.25) is 0 Å². The van der Waals surface area contributed by atoms with Crippen LogP contribution >= 0.6 is 11.6 Å². The average Bonchev–Trinajstić information content (AvgIpc) is 3.20. The smallest absolute Gasteiger partial charge is 0.411 e. The number of carbonyl (C=O) groups is 2. The fourth-order valence-electron chi connectivity index (χ4n) is 3.34. The molecule has 0 atom stereocenters. The number of rotatable bonds is 7. The van der Waals surface area contributed by atoms with Crippen molar-refractivity contribution in [3.63, 3.8) is 0 Å². The Kier molecular flexibility index (Phi) is 6.89. The molecule has 4 rings (SSSR count). The van der Waals surface area contributed by atoms with Gasteiger partial charge in [0.05, 0.1) is 6.61 Å². The van der Waals surface area contributed by atoms with Crippen LogP contribution in [0.5, 0.6) is 0 Å². The molecule has 0 radical (unpaired) electrons. The third-order valence-electron chi connectivity index (χ3n) is 5.09. The van der Waals surface area contributed by atoms with E-state index in [-0.39, 0.29) is 12.3 Å². The number of anilines is 1. The summed E-state index contributed by atoms with van der Waals surface area (Å²) in [5.41, 5.74) is 3.95. The van der Waals surface area contributed by atoms with E-state index < -0.39 is 12.1 Å². The van der Waals surface area contributed by atoms with Crippen molar-refractivity contribution in [1.29, 1.82) is 0 Å². The zero-order valence-corrected chi connectivity index (χ0v) is 18.9. The minimum atomic E-state index is -1.09. The van der Waals surface area contributed by atoms with Crippen LogP contribution in [0, 0.1) is 6.92 Å². The number of halogens is 1. The number of ether oxygens (including phenoxy) is 1. The van der Waals surface area contributed by atoms with Crippen LogP contribution in [-0.4, -0.2) is 33.9 Å². The topological polar surface area (TPSA) is 115 Å². The number of aryl methyl sites for hydroxylation is 1. The first kappa shape index (κ1) is 23.0. The van der Waals surface area contributed by atoms with E-state index >= 15 is 0 Å². The summed E-state index contributed by atoms with van der Waals surface area (Å²) in [5.74, 6) is -0.718. The summed E-state index contributed by atoms with van der Waals surface area (Å²) in [5, 5.41) is 16.3. The number of carbonyl (C=O) groups excluding carboxylic acids is 1. The standard InChI is InChI=1S/C25H20ClN3O5/c1-15-22(28-25(32)33-12-11-16-5-2-3-8-20(16)26)23(34-29-15)18-7-4-6-17(13-18)19-9-10-21(24(30)31)27-14-19/h2-10,13-14H,11-12H2,1H3,(H,28,32)(H,30,31). The summed E-state index contributed by atoms with van der Waals surface area (Å²) in [4.78, 5) is 27.4. The monoisotopic (exact) mass is 477 g/mol. The van der Waals surface area contributed by atoms with Crippen molar-refractivity contribution in [2.24, 2.45) is 0 Å². The number of hydrogen-bond acceptors (Lipinski definition) is 6. The minimum absolute atomic E-state index is 0.0368. The molecular formula is C25H20ClN3O5. The number of nitrogens with zero attached hydrogens (tertiary/aromatic N) is 2. The van der Waals surface area contributed by atoms with Gasteiger partial charge < -0.3 is 14.4 Å². The van der Waals surface area contributed by atoms with Crippen molar-refractivity contribution in [2.45, 2.75) is 13.3 Å². The molecule has 0 unspecified atom stereocenters. The van der Waals surface area contributed by atoms with Crippen LogP contribution in [0.4, 0.5) is 10.5 Å². The molecule has 0 saturated heterocycles. The summed E-state index contributed by atoms with van der Waals surface area (Å²) in [7, 11) is 0. The maximum atomic E-state index is 12.4. The molecule has 8 nitrogen and oxygen atoms in total. The molecule has 0 aliphatic heterocycles. The van der Waals surface area contributed by atoms with E-state index in [4.69, 9.17) is 26.0 Å². The first-order valence-corrected chi connectivity index (χ1v) is 10.7. The fraction of sp³-hybridized carbons (Fsp3) is 0.120. The van der Waals surface area contributed by atoms with Crippen molar-refractivity contribution in [3.05, 3.63) is 88.8 Å². The average molecular weight is 478 g/mol. The van der Waals surface area contributed by atoms with Gasteiger partial charge in [0, 0.05) is 28.8 Å². The molecule has 2 N–H and O–H groups in total. The predicted octanol–water partition coefficient (Wildman–Crippen LogP) is 5.85. The Hall–Kier alpha value is -4.17. The van der Waals surface area contributed by atoms with E-state index in [1.165, 1.54) is 12.3 Å². The van der Waals surface area contributed by atoms with Crippen LogP contribution in [0.1, 0.15) is 21.7 Å². The van der Waals surface area contributed by atoms with Crippen LogP contribution in [0.2, 0.25) is 5.02 Å². The minimum Gasteiger partial charge on any atom is -0.477 e. The highest BCUT2D eigenvalue weighted by Gasteiger charge is 2.19. The van der Waals surface area contributed by atoms with E-state index in [2.05, 4.69) is 15.5 Å². The Morgan fingerprint density at radius 2 is 1.85 bits per heavy atom. The lowest BCUT2D eigenvalue weighted by Gasteiger charge is -2.09. The van der Waals surface area contributed by atoms with Crippen molar-refractivity contribution < 1.29 is 24.0 Å². The van der Waals surface area contributed by atoms with Crippen LogP contribution in [-0.2, 0) is 11.2 Å². The maximum absolute atomic E-state index is 12.4. The van der Waals surface area contributed by atoms with Crippen LogP contribution in [0.3, 0.4) is 0 Å². The van der Waals surface area contributed by atoms with Gasteiger partial charge in [-0.05, 0) is 36.2 Å². The number of nitrogens with one attached hydrogen (secondary N) is 1. The van der Waals surface area contributed by atoms with Gasteiger partial charge in [-0.15, -0.1) is 0 Å². The largest absolute Gasteiger partial charge is 0.477 e. The van der Waals surface area contributed by atoms with Crippen LogP contribution in [0.15, 0.2) is 71.4 Å². The molecule has 0 saturated carbocycles. The summed E-state index contributed by atoms with van der Waals surface area (Å²) >= 11 is 6.14. The van der Waals surface area contributed by atoms with Gasteiger partial charge in [0.1, 0.15) is 17.1 Å². The summed E-state index contributed by atoms with van der Waals surface area (Å²) in [6.07, 6.45) is 1.34. The Balaban J connectivity index is 1.48. The lowest BCUT2D eigenvalue weighted by molar-refractivity contribution is 0.0690. The van der Waals surface area contributed by atoms with Gasteiger partial charge in [-0.2, -0.15) is 0 Å². The third-order valence-corrected chi connectivity index (χ3v) is 5.46.